The number of anilines is 2. The highest BCUT2D eigenvalue weighted by atomic mass is 19.1. The van der Waals surface area contributed by atoms with Gasteiger partial charge in [0.1, 0.15) is 29.8 Å². The molecule has 0 radical (unpaired) electrons. The third-order valence-electron chi connectivity index (χ3n) is 5.22. The molecule has 1 aliphatic carbocycles. The van der Waals surface area contributed by atoms with Gasteiger partial charge in [-0.3, -0.25) is 9.59 Å². The molecule has 3 aromatic rings. The van der Waals surface area contributed by atoms with Crippen LogP contribution in [-0.4, -0.2) is 37.7 Å². The lowest BCUT2D eigenvalue weighted by molar-refractivity contribution is -0.117. The zero-order chi connectivity index (χ0) is 23.0. The Kier molecular flexibility index (Phi) is 5.68. The molecule has 2 aromatic heterocycles. The number of halogens is 2. The standard InChI is InChI=1S/C22H22F2N6O2/c1-11(2)30-10-25-29-20(30)17-5-4-6-19(26-17)28-22(32)14-9-18(12(3)7-15(14)23)27-21(31)13-8-16(13)24/h4-7,9-11,13,16H,8H2,1-3H3,(H,27,31)(H,26,28,32)/t13-,16-/m1/s1. The maximum Gasteiger partial charge on any atom is 0.259 e. The SMILES string of the molecule is Cc1cc(F)c(C(=O)Nc2cccc(-c3nncn3C(C)C)n2)cc1NC(=O)[C@@H]1C[C@H]1F. The fourth-order valence-corrected chi connectivity index (χ4v) is 3.26. The van der Waals surface area contributed by atoms with E-state index in [0.717, 1.165) is 6.07 Å². The summed E-state index contributed by atoms with van der Waals surface area (Å²) in [5.41, 5.74) is 0.914. The molecule has 1 fully saturated rings. The molecule has 0 spiro atoms. The monoisotopic (exact) mass is 440 g/mol. The van der Waals surface area contributed by atoms with E-state index in [4.69, 9.17) is 0 Å². The second kappa shape index (κ2) is 8.45. The topological polar surface area (TPSA) is 102 Å². The number of aromatic nitrogens is 4. The molecule has 2 amide bonds. The van der Waals surface area contributed by atoms with Crippen molar-refractivity contribution in [2.45, 2.75) is 39.4 Å². The van der Waals surface area contributed by atoms with Gasteiger partial charge in [-0.15, -0.1) is 10.2 Å². The normalized spacial score (nSPS) is 17.3. The quantitative estimate of drug-likeness (QED) is 0.605. The third-order valence-corrected chi connectivity index (χ3v) is 5.22. The number of benzene rings is 1. The number of nitrogens with one attached hydrogen (secondary N) is 2. The molecule has 1 aromatic carbocycles. The number of amides is 2. The number of aryl methyl sites for hydroxylation is 1. The first kappa shape index (κ1) is 21.5. The first-order valence-electron chi connectivity index (χ1n) is 10.2. The van der Waals surface area contributed by atoms with Crippen molar-refractivity contribution in [1.82, 2.24) is 19.7 Å². The zero-order valence-corrected chi connectivity index (χ0v) is 17.8. The van der Waals surface area contributed by atoms with E-state index in [9.17, 15) is 18.4 Å². The Bertz CT molecular complexity index is 1190. The number of carbonyl (C=O) groups excluding carboxylic acids is 2. The highest BCUT2D eigenvalue weighted by molar-refractivity contribution is 6.05. The molecule has 8 nitrogen and oxygen atoms in total. The summed E-state index contributed by atoms with van der Waals surface area (Å²) < 4.78 is 29.5. The van der Waals surface area contributed by atoms with Gasteiger partial charge in [0.15, 0.2) is 5.82 Å². The van der Waals surface area contributed by atoms with E-state index in [1.165, 1.54) is 6.07 Å². The molecular weight excluding hydrogens is 418 g/mol. The molecule has 32 heavy (non-hydrogen) atoms. The Morgan fingerprint density at radius 1 is 1.22 bits per heavy atom. The van der Waals surface area contributed by atoms with Crippen LogP contribution in [0.15, 0.2) is 36.7 Å². The maximum atomic E-state index is 14.5. The predicted octanol–water partition coefficient (Wildman–Crippen LogP) is 3.92. The number of rotatable bonds is 6. The molecule has 0 aliphatic heterocycles. The summed E-state index contributed by atoms with van der Waals surface area (Å²) in [6.45, 7) is 5.55. The molecule has 2 N–H and O–H groups in total. The third kappa shape index (κ3) is 4.34. The minimum Gasteiger partial charge on any atom is -0.325 e. The van der Waals surface area contributed by atoms with Gasteiger partial charge in [0.05, 0.1) is 11.5 Å². The molecule has 1 saturated carbocycles. The number of hydrogen-bond acceptors (Lipinski definition) is 5. The minimum atomic E-state index is -1.15. The van der Waals surface area contributed by atoms with Gasteiger partial charge < -0.3 is 15.2 Å². The number of nitrogens with zero attached hydrogens (tertiary/aromatic N) is 4. The largest absolute Gasteiger partial charge is 0.325 e. The molecule has 2 atom stereocenters. The molecule has 4 rings (SSSR count). The summed E-state index contributed by atoms with van der Waals surface area (Å²) >= 11 is 0. The van der Waals surface area contributed by atoms with Gasteiger partial charge in [-0.05, 0) is 57.0 Å². The van der Waals surface area contributed by atoms with Crippen molar-refractivity contribution in [1.29, 1.82) is 0 Å². The Balaban J connectivity index is 1.56. The second-order valence-corrected chi connectivity index (χ2v) is 8.01. The van der Waals surface area contributed by atoms with E-state index in [0.29, 0.717) is 17.1 Å². The van der Waals surface area contributed by atoms with Crippen LogP contribution in [0.1, 0.15) is 42.2 Å². The summed E-state index contributed by atoms with van der Waals surface area (Å²) in [5, 5.41) is 13.1. The summed E-state index contributed by atoms with van der Waals surface area (Å²) in [7, 11) is 0. The van der Waals surface area contributed by atoms with Crippen LogP contribution in [0.3, 0.4) is 0 Å². The van der Waals surface area contributed by atoms with Crippen LogP contribution in [0.5, 0.6) is 0 Å². The molecule has 0 unspecified atom stereocenters. The predicted molar refractivity (Wildman–Crippen MR) is 114 cm³/mol. The van der Waals surface area contributed by atoms with Crippen molar-refractivity contribution >= 4 is 23.3 Å². The lowest BCUT2D eigenvalue weighted by Crippen LogP contribution is -2.19. The smallest absolute Gasteiger partial charge is 0.259 e. The van der Waals surface area contributed by atoms with Crippen LogP contribution in [0.25, 0.3) is 11.5 Å². The van der Waals surface area contributed by atoms with Crippen LogP contribution in [0.2, 0.25) is 0 Å². The molecule has 10 heteroatoms. The Morgan fingerprint density at radius 3 is 2.66 bits per heavy atom. The van der Waals surface area contributed by atoms with Gasteiger partial charge in [0.2, 0.25) is 5.91 Å². The fourth-order valence-electron chi connectivity index (χ4n) is 3.26. The molecule has 166 valence electrons. The van der Waals surface area contributed by atoms with Gasteiger partial charge in [-0.25, -0.2) is 13.8 Å². The van der Waals surface area contributed by atoms with E-state index >= 15 is 0 Å². The first-order chi connectivity index (χ1) is 15.2. The van der Waals surface area contributed by atoms with Crippen LogP contribution in [-0.2, 0) is 4.79 Å². The van der Waals surface area contributed by atoms with Crippen LogP contribution in [0, 0.1) is 18.7 Å². The molecule has 0 saturated heterocycles. The summed E-state index contributed by atoms with van der Waals surface area (Å²) in [4.78, 5) is 29.2. The average Bonchev–Trinajstić information content (AvgIpc) is 3.27. The van der Waals surface area contributed by atoms with Gasteiger partial charge >= 0.3 is 0 Å². The van der Waals surface area contributed by atoms with E-state index in [2.05, 4.69) is 25.8 Å². The van der Waals surface area contributed by atoms with Crippen LogP contribution < -0.4 is 10.6 Å². The van der Waals surface area contributed by atoms with Crippen molar-refractivity contribution in [2.75, 3.05) is 10.6 Å². The van der Waals surface area contributed by atoms with Crippen LogP contribution >= 0.6 is 0 Å². The van der Waals surface area contributed by atoms with Crippen LogP contribution in [0.4, 0.5) is 20.3 Å². The number of hydrogen-bond donors (Lipinski definition) is 2. The Hall–Kier alpha value is -3.69. The van der Waals surface area contributed by atoms with Crippen molar-refractivity contribution in [3.63, 3.8) is 0 Å². The van der Waals surface area contributed by atoms with E-state index in [1.54, 1.807) is 31.5 Å². The first-order valence-corrected chi connectivity index (χ1v) is 10.2. The van der Waals surface area contributed by atoms with Gasteiger partial charge in [0.25, 0.3) is 5.91 Å². The van der Waals surface area contributed by atoms with E-state index in [1.807, 2.05) is 18.4 Å². The van der Waals surface area contributed by atoms with Gasteiger partial charge in [0, 0.05) is 11.7 Å². The van der Waals surface area contributed by atoms with Crippen molar-refractivity contribution in [3.8, 4) is 11.5 Å². The second-order valence-electron chi connectivity index (χ2n) is 8.01. The lowest BCUT2D eigenvalue weighted by Gasteiger charge is -2.13. The number of carbonyl (C=O) groups is 2. The Morgan fingerprint density at radius 2 is 1.97 bits per heavy atom. The zero-order valence-electron chi connectivity index (χ0n) is 17.8. The summed E-state index contributed by atoms with van der Waals surface area (Å²) in [6.07, 6.45) is 0.613. The van der Waals surface area contributed by atoms with E-state index < -0.39 is 29.7 Å². The van der Waals surface area contributed by atoms with Crippen molar-refractivity contribution in [3.05, 3.63) is 53.6 Å². The highest BCUT2D eigenvalue weighted by Gasteiger charge is 2.43. The average molecular weight is 440 g/mol. The molecular formula is C22H22F2N6O2. The lowest BCUT2D eigenvalue weighted by atomic mass is 10.1. The van der Waals surface area contributed by atoms with E-state index in [-0.39, 0.29) is 29.5 Å². The molecule has 2 heterocycles. The van der Waals surface area contributed by atoms with Crippen molar-refractivity contribution < 1.29 is 18.4 Å². The summed E-state index contributed by atoms with van der Waals surface area (Å²) in [5.74, 6) is -1.92. The fraction of sp³-hybridized carbons (Fsp3) is 0.318. The molecule has 1 aliphatic rings. The minimum absolute atomic E-state index is 0.110. The van der Waals surface area contributed by atoms with Crippen molar-refractivity contribution in [2.24, 2.45) is 5.92 Å². The van der Waals surface area contributed by atoms with Gasteiger partial charge in [-0.2, -0.15) is 0 Å². The van der Waals surface area contributed by atoms with Gasteiger partial charge in [-0.1, -0.05) is 6.07 Å². The summed E-state index contributed by atoms with van der Waals surface area (Å²) in [6, 6.07) is 7.50. The maximum absolute atomic E-state index is 14.5. The number of pyridine rings is 1. The molecule has 0 bridgehead atoms. The Labute approximate surface area is 183 Å². The highest BCUT2D eigenvalue weighted by Crippen LogP contribution is 2.35. The number of alkyl halides is 1.